The molecular weight excluding hydrogens is 232 g/mol. The molecular formula is C17H36N2. The highest BCUT2D eigenvalue weighted by atomic mass is 15.2. The van der Waals surface area contributed by atoms with Crippen molar-refractivity contribution in [2.45, 2.75) is 66.3 Å². The molecule has 114 valence electrons. The molecule has 0 saturated heterocycles. The summed E-state index contributed by atoms with van der Waals surface area (Å²) in [6, 6.07) is 0.730. The van der Waals surface area contributed by atoms with Gasteiger partial charge in [-0.05, 0) is 43.1 Å². The Bertz CT molecular complexity index is 227. The highest BCUT2D eigenvalue weighted by Crippen LogP contribution is 2.34. The predicted molar refractivity (Wildman–Crippen MR) is 85.2 cm³/mol. The van der Waals surface area contributed by atoms with Gasteiger partial charge in [-0.25, -0.2) is 0 Å². The number of hydrogen-bond acceptors (Lipinski definition) is 2. The molecule has 19 heavy (non-hydrogen) atoms. The zero-order valence-electron chi connectivity index (χ0n) is 13.9. The fourth-order valence-electron chi connectivity index (χ4n) is 3.67. The van der Waals surface area contributed by atoms with Gasteiger partial charge in [0.2, 0.25) is 0 Å². The van der Waals surface area contributed by atoms with Crippen LogP contribution in [0.2, 0.25) is 0 Å². The summed E-state index contributed by atoms with van der Waals surface area (Å²) in [6.07, 6.45) is 5.45. The van der Waals surface area contributed by atoms with Crippen LogP contribution < -0.4 is 5.73 Å². The van der Waals surface area contributed by atoms with Gasteiger partial charge in [-0.2, -0.15) is 0 Å². The Labute approximate surface area is 121 Å². The number of nitrogens with two attached hydrogens (primary N) is 1. The van der Waals surface area contributed by atoms with Gasteiger partial charge in [0.15, 0.2) is 0 Å². The molecule has 1 saturated carbocycles. The van der Waals surface area contributed by atoms with Crippen LogP contribution in [0.5, 0.6) is 0 Å². The van der Waals surface area contributed by atoms with Crippen LogP contribution in [0.4, 0.5) is 0 Å². The van der Waals surface area contributed by atoms with Crippen LogP contribution in [0.3, 0.4) is 0 Å². The normalized spacial score (nSPS) is 28.6. The molecule has 3 unspecified atom stereocenters. The maximum absolute atomic E-state index is 6.05. The second kappa shape index (κ2) is 8.26. The predicted octanol–water partition coefficient (Wildman–Crippen LogP) is 3.75. The Balaban J connectivity index is 2.75. The average Bonchev–Trinajstić information content (AvgIpc) is 2.36. The summed E-state index contributed by atoms with van der Waals surface area (Å²) >= 11 is 0. The van der Waals surface area contributed by atoms with Gasteiger partial charge in [0.05, 0.1) is 0 Å². The zero-order chi connectivity index (χ0) is 14.4. The van der Waals surface area contributed by atoms with E-state index in [2.05, 4.69) is 39.5 Å². The number of hydrogen-bond donors (Lipinski definition) is 1. The second-order valence-corrected chi connectivity index (χ2v) is 7.39. The lowest BCUT2D eigenvalue weighted by atomic mass is 9.76. The summed E-state index contributed by atoms with van der Waals surface area (Å²) in [7, 11) is 0. The zero-order valence-corrected chi connectivity index (χ0v) is 13.9. The number of nitrogens with zero attached hydrogens (tertiary/aromatic N) is 1. The van der Waals surface area contributed by atoms with E-state index in [9.17, 15) is 0 Å². The second-order valence-electron chi connectivity index (χ2n) is 7.39. The largest absolute Gasteiger partial charge is 0.330 e. The van der Waals surface area contributed by atoms with E-state index >= 15 is 0 Å². The van der Waals surface area contributed by atoms with Crippen LogP contribution >= 0.6 is 0 Å². The molecule has 0 amide bonds. The summed E-state index contributed by atoms with van der Waals surface area (Å²) in [5.41, 5.74) is 6.05. The molecule has 0 aromatic heterocycles. The van der Waals surface area contributed by atoms with Crippen molar-refractivity contribution in [1.82, 2.24) is 4.90 Å². The molecule has 2 N–H and O–H groups in total. The first-order valence-electron chi connectivity index (χ1n) is 8.41. The summed E-state index contributed by atoms with van der Waals surface area (Å²) in [6.45, 7) is 15.0. The topological polar surface area (TPSA) is 29.3 Å². The third kappa shape index (κ3) is 5.43. The van der Waals surface area contributed by atoms with E-state index in [0.29, 0.717) is 0 Å². The quantitative estimate of drug-likeness (QED) is 0.762. The Morgan fingerprint density at radius 3 is 2.05 bits per heavy atom. The van der Waals surface area contributed by atoms with Crippen molar-refractivity contribution in [2.75, 3.05) is 19.6 Å². The SMILES string of the molecule is CCC1CCC(CN)C(N(CC(C)C)CC(C)C)C1. The third-order valence-electron chi connectivity index (χ3n) is 4.61. The van der Waals surface area contributed by atoms with Crippen LogP contribution in [0, 0.1) is 23.7 Å². The van der Waals surface area contributed by atoms with E-state index in [1.165, 1.54) is 38.8 Å². The van der Waals surface area contributed by atoms with E-state index in [4.69, 9.17) is 5.73 Å². The smallest absolute Gasteiger partial charge is 0.0138 e. The summed E-state index contributed by atoms with van der Waals surface area (Å²) in [5.74, 6) is 3.15. The van der Waals surface area contributed by atoms with E-state index < -0.39 is 0 Å². The minimum absolute atomic E-state index is 0.722. The molecule has 0 bridgehead atoms. The van der Waals surface area contributed by atoms with Crippen LogP contribution in [0.25, 0.3) is 0 Å². The Hall–Kier alpha value is -0.0800. The lowest BCUT2D eigenvalue weighted by molar-refractivity contribution is 0.0617. The van der Waals surface area contributed by atoms with Crippen LogP contribution in [0.15, 0.2) is 0 Å². The maximum Gasteiger partial charge on any atom is 0.0138 e. The molecule has 1 fully saturated rings. The van der Waals surface area contributed by atoms with E-state index in [-0.39, 0.29) is 0 Å². The lowest BCUT2D eigenvalue weighted by Gasteiger charge is -2.44. The van der Waals surface area contributed by atoms with Crippen molar-refractivity contribution in [3.8, 4) is 0 Å². The van der Waals surface area contributed by atoms with E-state index in [1.54, 1.807) is 0 Å². The van der Waals surface area contributed by atoms with Gasteiger partial charge in [0.1, 0.15) is 0 Å². The van der Waals surface area contributed by atoms with Crippen LogP contribution in [-0.2, 0) is 0 Å². The first-order valence-corrected chi connectivity index (χ1v) is 8.41. The first kappa shape index (κ1) is 17.0. The molecule has 0 aromatic carbocycles. The molecule has 1 aliphatic carbocycles. The monoisotopic (exact) mass is 268 g/mol. The van der Waals surface area contributed by atoms with Crippen LogP contribution in [-0.4, -0.2) is 30.6 Å². The molecule has 1 rings (SSSR count). The standard InChI is InChI=1S/C17H36N2/c1-6-15-7-8-16(10-18)17(9-15)19(11-13(2)3)12-14(4)5/h13-17H,6-12,18H2,1-5H3. The minimum atomic E-state index is 0.722. The minimum Gasteiger partial charge on any atom is -0.330 e. The molecule has 1 aliphatic rings. The van der Waals surface area contributed by atoms with Gasteiger partial charge in [0, 0.05) is 19.1 Å². The molecule has 0 aliphatic heterocycles. The van der Waals surface area contributed by atoms with E-state index in [1.807, 2.05) is 0 Å². The highest BCUT2D eigenvalue weighted by molar-refractivity contribution is 4.88. The molecule has 0 spiro atoms. The Morgan fingerprint density at radius 1 is 1.05 bits per heavy atom. The Morgan fingerprint density at radius 2 is 1.63 bits per heavy atom. The first-order chi connectivity index (χ1) is 8.97. The van der Waals surface area contributed by atoms with Gasteiger partial charge in [-0.3, -0.25) is 4.90 Å². The van der Waals surface area contributed by atoms with Gasteiger partial charge in [-0.15, -0.1) is 0 Å². The maximum atomic E-state index is 6.05. The molecule has 2 heteroatoms. The molecule has 2 nitrogen and oxygen atoms in total. The van der Waals surface area contributed by atoms with Gasteiger partial charge < -0.3 is 5.73 Å². The number of rotatable bonds is 7. The fourth-order valence-corrected chi connectivity index (χ4v) is 3.67. The molecule has 0 radical (unpaired) electrons. The average molecular weight is 268 g/mol. The summed E-state index contributed by atoms with van der Waals surface area (Å²) < 4.78 is 0. The summed E-state index contributed by atoms with van der Waals surface area (Å²) in [5, 5.41) is 0. The molecule has 3 atom stereocenters. The Kier molecular flexibility index (Phi) is 7.38. The molecule has 0 aromatic rings. The van der Waals surface area contributed by atoms with Crippen LogP contribution in [0.1, 0.15) is 60.3 Å². The van der Waals surface area contributed by atoms with Crippen molar-refractivity contribution in [3.63, 3.8) is 0 Å². The van der Waals surface area contributed by atoms with E-state index in [0.717, 1.165) is 36.3 Å². The van der Waals surface area contributed by atoms with Crippen molar-refractivity contribution < 1.29 is 0 Å². The van der Waals surface area contributed by atoms with Gasteiger partial charge in [-0.1, -0.05) is 47.5 Å². The van der Waals surface area contributed by atoms with Gasteiger partial charge >= 0.3 is 0 Å². The summed E-state index contributed by atoms with van der Waals surface area (Å²) in [4.78, 5) is 2.76. The van der Waals surface area contributed by atoms with Crippen molar-refractivity contribution >= 4 is 0 Å². The molecule has 0 heterocycles. The highest BCUT2D eigenvalue weighted by Gasteiger charge is 2.33. The van der Waals surface area contributed by atoms with Crippen molar-refractivity contribution in [1.29, 1.82) is 0 Å². The lowest BCUT2D eigenvalue weighted by Crippen LogP contribution is -2.49. The van der Waals surface area contributed by atoms with Crippen molar-refractivity contribution in [3.05, 3.63) is 0 Å². The fraction of sp³-hybridized carbons (Fsp3) is 1.00. The third-order valence-corrected chi connectivity index (χ3v) is 4.61. The van der Waals surface area contributed by atoms with Crippen molar-refractivity contribution in [2.24, 2.45) is 29.4 Å². The van der Waals surface area contributed by atoms with Gasteiger partial charge in [0.25, 0.3) is 0 Å².